The van der Waals surface area contributed by atoms with Crippen LogP contribution in [0.1, 0.15) is 29.7 Å². The Morgan fingerprint density at radius 2 is 2.05 bits per heavy atom. The first-order chi connectivity index (χ1) is 10.2. The molecule has 5 heteroatoms. The van der Waals surface area contributed by atoms with Crippen molar-refractivity contribution >= 4 is 5.95 Å². The molecule has 2 aromatic rings. The topological polar surface area (TPSA) is 81.3 Å². The first kappa shape index (κ1) is 12.4. The highest BCUT2D eigenvalue weighted by Gasteiger charge is 2.41. The molecule has 1 aromatic carbocycles. The van der Waals surface area contributed by atoms with Crippen molar-refractivity contribution in [2.45, 2.75) is 31.1 Å². The van der Waals surface area contributed by atoms with Crippen LogP contribution >= 0.6 is 0 Å². The summed E-state index contributed by atoms with van der Waals surface area (Å²) in [5.74, 6) is 1.15. The second-order valence-electron chi connectivity index (χ2n) is 5.88. The number of rotatable bonds is 0. The average Bonchev–Trinajstić information content (AvgIpc) is 2.47. The lowest BCUT2D eigenvalue weighted by molar-refractivity contribution is 0.196. The van der Waals surface area contributed by atoms with Crippen LogP contribution in [0.3, 0.4) is 0 Å². The molecule has 1 spiro atoms. The van der Waals surface area contributed by atoms with Gasteiger partial charge in [-0.2, -0.15) is 4.98 Å². The van der Waals surface area contributed by atoms with E-state index >= 15 is 0 Å². The van der Waals surface area contributed by atoms with Crippen LogP contribution in [0.4, 0.5) is 5.95 Å². The fraction of sp³-hybridized carbons (Fsp3) is 0.375. The Hall–Kier alpha value is -2.30. The number of aromatic hydroxyl groups is 1. The van der Waals surface area contributed by atoms with E-state index in [0.29, 0.717) is 0 Å². The number of aromatic nitrogens is 2. The van der Waals surface area contributed by atoms with Gasteiger partial charge in [-0.3, -0.25) is 0 Å². The van der Waals surface area contributed by atoms with Crippen LogP contribution in [-0.4, -0.2) is 21.7 Å². The molecular formula is C16H17N3O2. The van der Waals surface area contributed by atoms with Crippen LogP contribution in [0.15, 0.2) is 24.3 Å². The summed E-state index contributed by atoms with van der Waals surface area (Å²) in [4.78, 5) is 8.23. The van der Waals surface area contributed by atoms with Gasteiger partial charge in [-0.1, -0.05) is 18.2 Å². The van der Waals surface area contributed by atoms with Gasteiger partial charge in [-0.05, 0) is 25.3 Å². The van der Waals surface area contributed by atoms with Crippen LogP contribution in [0.2, 0.25) is 0 Å². The summed E-state index contributed by atoms with van der Waals surface area (Å²) in [6, 6.07) is 8.22. The summed E-state index contributed by atoms with van der Waals surface area (Å²) < 4.78 is 5.78. The Morgan fingerprint density at radius 1 is 1.19 bits per heavy atom. The lowest BCUT2D eigenvalue weighted by Gasteiger charge is -2.41. The van der Waals surface area contributed by atoms with Crippen LogP contribution in [-0.2, 0) is 18.3 Å². The van der Waals surface area contributed by atoms with E-state index in [1.54, 1.807) is 0 Å². The van der Waals surface area contributed by atoms with Crippen molar-refractivity contribution < 1.29 is 9.84 Å². The van der Waals surface area contributed by atoms with Gasteiger partial charge in [0.1, 0.15) is 5.75 Å². The van der Waals surface area contributed by atoms with E-state index in [-0.39, 0.29) is 17.2 Å². The van der Waals surface area contributed by atoms with Gasteiger partial charge in [-0.25, -0.2) is 4.98 Å². The quantitative estimate of drug-likeness (QED) is 0.772. The monoisotopic (exact) mass is 283 g/mol. The predicted molar refractivity (Wildman–Crippen MR) is 78.4 cm³/mol. The van der Waals surface area contributed by atoms with E-state index < -0.39 is 0 Å². The van der Waals surface area contributed by atoms with Crippen LogP contribution in [0.5, 0.6) is 11.6 Å². The molecule has 0 amide bonds. The van der Waals surface area contributed by atoms with E-state index in [9.17, 15) is 5.11 Å². The first-order valence-electron chi connectivity index (χ1n) is 7.24. The second-order valence-corrected chi connectivity index (χ2v) is 5.88. The van der Waals surface area contributed by atoms with Crippen LogP contribution < -0.4 is 10.5 Å². The molecule has 0 fully saturated rings. The van der Waals surface area contributed by atoms with Crippen LogP contribution in [0.25, 0.3) is 0 Å². The highest BCUT2D eigenvalue weighted by molar-refractivity contribution is 5.46. The molecule has 1 aliphatic carbocycles. The summed E-state index contributed by atoms with van der Waals surface area (Å²) >= 11 is 0. The minimum absolute atomic E-state index is 0.0349. The third-order valence-corrected chi connectivity index (χ3v) is 4.74. The highest BCUT2D eigenvalue weighted by Crippen LogP contribution is 2.47. The number of ether oxygens (including phenoxy) is 1. The largest absolute Gasteiger partial charge is 0.493 e. The van der Waals surface area contributed by atoms with Crippen molar-refractivity contribution in [3.05, 3.63) is 41.1 Å². The van der Waals surface area contributed by atoms with Gasteiger partial charge in [0.2, 0.25) is 11.8 Å². The summed E-state index contributed by atoms with van der Waals surface area (Å²) in [5.41, 5.74) is 8.70. The number of nitrogens with two attached hydrogens (primary N) is 1. The standard InChI is InChI=1S/C16H17N3O2/c17-15-18-12-9-16(6-5-10(12)14(20)19-15)7-8-21-13-4-2-1-3-11(13)16/h1-4H,5-9H2,(H3,17,18,19,20). The molecule has 108 valence electrons. The minimum Gasteiger partial charge on any atom is -0.493 e. The number of fused-ring (bicyclic) bond motifs is 3. The minimum atomic E-state index is 0.0349. The molecule has 1 aromatic heterocycles. The van der Waals surface area contributed by atoms with E-state index in [2.05, 4.69) is 22.1 Å². The Balaban J connectivity index is 1.82. The van der Waals surface area contributed by atoms with Crippen molar-refractivity contribution in [3.8, 4) is 11.6 Å². The molecule has 1 atom stereocenters. The van der Waals surface area contributed by atoms with Gasteiger partial charge in [0.05, 0.1) is 12.3 Å². The van der Waals surface area contributed by atoms with E-state index in [4.69, 9.17) is 10.5 Å². The van der Waals surface area contributed by atoms with Gasteiger partial charge in [0.25, 0.3) is 0 Å². The fourth-order valence-electron chi connectivity index (χ4n) is 3.68. The average molecular weight is 283 g/mol. The summed E-state index contributed by atoms with van der Waals surface area (Å²) in [6.45, 7) is 0.721. The van der Waals surface area contributed by atoms with E-state index in [0.717, 1.165) is 49.3 Å². The number of benzene rings is 1. The maximum Gasteiger partial charge on any atom is 0.223 e. The summed E-state index contributed by atoms with van der Waals surface area (Å²) in [5, 5.41) is 9.96. The molecule has 21 heavy (non-hydrogen) atoms. The Morgan fingerprint density at radius 3 is 2.95 bits per heavy atom. The molecule has 1 unspecified atom stereocenters. The predicted octanol–water partition coefficient (Wildman–Crippen LogP) is 1.97. The molecule has 2 aliphatic rings. The third kappa shape index (κ3) is 1.84. The lowest BCUT2D eigenvalue weighted by atomic mass is 9.66. The Kier molecular flexibility index (Phi) is 2.58. The zero-order valence-corrected chi connectivity index (χ0v) is 11.7. The SMILES string of the molecule is Nc1nc(O)c2c(n1)CC1(CCOc3ccccc31)CC2. The van der Waals surface area contributed by atoms with Crippen molar-refractivity contribution in [2.75, 3.05) is 12.3 Å². The number of hydrogen-bond donors (Lipinski definition) is 2. The van der Waals surface area contributed by atoms with E-state index in [1.807, 2.05) is 12.1 Å². The van der Waals surface area contributed by atoms with Crippen LogP contribution in [0, 0.1) is 0 Å². The normalized spacial score (nSPS) is 23.2. The number of nitrogen functional groups attached to an aromatic ring is 1. The number of para-hydroxylation sites is 1. The van der Waals surface area contributed by atoms with Crippen molar-refractivity contribution in [1.29, 1.82) is 0 Å². The summed E-state index contributed by atoms with van der Waals surface area (Å²) in [7, 11) is 0. The smallest absolute Gasteiger partial charge is 0.223 e. The second kappa shape index (κ2) is 4.35. The molecule has 1 aliphatic heterocycles. The van der Waals surface area contributed by atoms with Gasteiger partial charge in [0, 0.05) is 23.0 Å². The molecule has 5 nitrogen and oxygen atoms in total. The van der Waals surface area contributed by atoms with Gasteiger partial charge < -0.3 is 15.6 Å². The maximum atomic E-state index is 9.96. The lowest BCUT2D eigenvalue weighted by Crippen LogP contribution is -2.38. The van der Waals surface area contributed by atoms with Gasteiger partial charge in [0.15, 0.2) is 0 Å². The molecular weight excluding hydrogens is 266 g/mol. The van der Waals surface area contributed by atoms with Gasteiger partial charge in [-0.15, -0.1) is 0 Å². The Labute approximate surface area is 122 Å². The molecule has 0 saturated carbocycles. The zero-order valence-electron chi connectivity index (χ0n) is 11.7. The fourth-order valence-corrected chi connectivity index (χ4v) is 3.68. The molecule has 2 heterocycles. The number of nitrogens with zero attached hydrogens (tertiary/aromatic N) is 2. The Bertz CT molecular complexity index is 717. The van der Waals surface area contributed by atoms with Crippen molar-refractivity contribution in [1.82, 2.24) is 9.97 Å². The van der Waals surface area contributed by atoms with Crippen molar-refractivity contribution in [3.63, 3.8) is 0 Å². The number of hydrogen-bond acceptors (Lipinski definition) is 5. The zero-order chi connectivity index (χ0) is 14.4. The number of anilines is 1. The third-order valence-electron chi connectivity index (χ3n) is 4.74. The van der Waals surface area contributed by atoms with Crippen molar-refractivity contribution in [2.24, 2.45) is 0 Å². The highest BCUT2D eigenvalue weighted by atomic mass is 16.5. The molecule has 0 saturated heterocycles. The van der Waals surface area contributed by atoms with Gasteiger partial charge >= 0.3 is 0 Å². The van der Waals surface area contributed by atoms with E-state index in [1.165, 1.54) is 5.56 Å². The summed E-state index contributed by atoms with van der Waals surface area (Å²) in [6.07, 6.45) is 3.49. The molecule has 3 N–H and O–H groups in total. The first-order valence-corrected chi connectivity index (χ1v) is 7.24. The molecule has 0 bridgehead atoms. The molecule has 0 radical (unpaired) electrons. The molecule has 4 rings (SSSR count). The maximum absolute atomic E-state index is 9.96.